The van der Waals surface area contributed by atoms with Crippen molar-refractivity contribution in [2.24, 2.45) is 5.41 Å². The van der Waals surface area contributed by atoms with E-state index in [-0.39, 0.29) is 0 Å². The SMILES string of the molecule is CNC(CCCc1cnccc1N)C(C)(C)C. The van der Waals surface area contributed by atoms with Crippen LogP contribution in [0.5, 0.6) is 0 Å². The first-order valence-electron chi connectivity index (χ1n) is 6.30. The molecule has 0 radical (unpaired) electrons. The van der Waals surface area contributed by atoms with E-state index >= 15 is 0 Å². The summed E-state index contributed by atoms with van der Waals surface area (Å²) in [4.78, 5) is 4.12. The Kier molecular flexibility index (Phi) is 4.94. The predicted molar refractivity (Wildman–Crippen MR) is 73.9 cm³/mol. The quantitative estimate of drug-likeness (QED) is 0.825. The molecule has 96 valence electrons. The summed E-state index contributed by atoms with van der Waals surface area (Å²) in [6.45, 7) is 6.81. The predicted octanol–water partition coefficient (Wildman–Crippen LogP) is 2.62. The Morgan fingerprint density at radius 1 is 1.41 bits per heavy atom. The lowest BCUT2D eigenvalue weighted by Crippen LogP contribution is -2.37. The van der Waals surface area contributed by atoms with Crippen molar-refractivity contribution in [3.63, 3.8) is 0 Å². The van der Waals surface area contributed by atoms with Crippen LogP contribution in [-0.4, -0.2) is 18.1 Å². The van der Waals surface area contributed by atoms with Gasteiger partial charge in [0.15, 0.2) is 0 Å². The third-order valence-electron chi connectivity index (χ3n) is 3.27. The van der Waals surface area contributed by atoms with Gasteiger partial charge in [0.25, 0.3) is 0 Å². The number of hydrogen-bond acceptors (Lipinski definition) is 3. The molecule has 0 spiro atoms. The van der Waals surface area contributed by atoms with Crippen LogP contribution in [0, 0.1) is 5.41 Å². The molecular formula is C14H25N3. The number of nitrogen functional groups attached to an aromatic ring is 1. The van der Waals surface area contributed by atoms with E-state index < -0.39 is 0 Å². The Balaban J connectivity index is 2.45. The summed E-state index contributed by atoms with van der Waals surface area (Å²) >= 11 is 0. The molecule has 0 aromatic carbocycles. The van der Waals surface area contributed by atoms with Crippen molar-refractivity contribution in [1.29, 1.82) is 0 Å². The molecule has 3 heteroatoms. The van der Waals surface area contributed by atoms with E-state index in [1.165, 1.54) is 0 Å². The maximum absolute atomic E-state index is 5.90. The van der Waals surface area contributed by atoms with E-state index in [0.29, 0.717) is 11.5 Å². The fourth-order valence-corrected chi connectivity index (χ4v) is 2.15. The summed E-state index contributed by atoms with van der Waals surface area (Å²) in [5.74, 6) is 0. The van der Waals surface area contributed by atoms with Crippen LogP contribution in [0.25, 0.3) is 0 Å². The van der Waals surface area contributed by atoms with Crippen molar-refractivity contribution in [3.8, 4) is 0 Å². The molecule has 1 aromatic rings. The van der Waals surface area contributed by atoms with Crippen LogP contribution in [0.2, 0.25) is 0 Å². The topological polar surface area (TPSA) is 50.9 Å². The molecule has 0 fully saturated rings. The van der Waals surface area contributed by atoms with E-state index in [4.69, 9.17) is 5.73 Å². The molecule has 0 bridgehead atoms. The van der Waals surface area contributed by atoms with Crippen molar-refractivity contribution >= 4 is 5.69 Å². The first-order chi connectivity index (χ1) is 7.95. The maximum atomic E-state index is 5.90. The van der Waals surface area contributed by atoms with Crippen molar-refractivity contribution in [1.82, 2.24) is 10.3 Å². The van der Waals surface area contributed by atoms with Gasteiger partial charge in [-0.3, -0.25) is 4.98 Å². The van der Waals surface area contributed by atoms with Gasteiger partial charge in [-0.1, -0.05) is 20.8 Å². The average molecular weight is 235 g/mol. The maximum Gasteiger partial charge on any atom is 0.0377 e. The van der Waals surface area contributed by atoms with Crippen molar-refractivity contribution in [2.45, 2.75) is 46.1 Å². The largest absolute Gasteiger partial charge is 0.398 e. The molecule has 1 rings (SSSR count). The molecule has 0 aliphatic rings. The van der Waals surface area contributed by atoms with Gasteiger partial charge < -0.3 is 11.1 Å². The van der Waals surface area contributed by atoms with Crippen LogP contribution in [-0.2, 0) is 6.42 Å². The second-order valence-corrected chi connectivity index (χ2v) is 5.67. The van der Waals surface area contributed by atoms with Crippen molar-refractivity contribution in [3.05, 3.63) is 24.0 Å². The number of aryl methyl sites for hydroxylation is 1. The smallest absolute Gasteiger partial charge is 0.0377 e. The second-order valence-electron chi connectivity index (χ2n) is 5.67. The lowest BCUT2D eigenvalue weighted by Gasteiger charge is -2.30. The van der Waals surface area contributed by atoms with Crippen molar-refractivity contribution in [2.75, 3.05) is 12.8 Å². The van der Waals surface area contributed by atoms with Gasteiger partial charge in [0, 0.05) is 24.1 Å². The number of anilines is 1. The molecule has 1 aromatic heterocycles. The number of hydrogen-bond donors (Lipinski definition) is 2. The third-order valence-corrected chi connectivity index (χ3v) is 3.27. The van der Waals surface area contributed by atoms with Crippen LogP contribution in [0.3, 0.4) is 0 Å². The van der Waals surface area contributed by atoms with Gasteiger partial charge in [-0.2, -0.15) is 0 Å². The highest BCUT2D eigenvalue weighted by Crippen LogP contribution is 2.23. The molecule has 0 aliphatic heterocycles. The lowest BCUT2D eigenvalue weighted by molar-refractivity contribution is 0.263. The Hall–Kier alpha value is -1.09. The van der Waals surface area contributed by atoms with Gasteiger partial charge in [-0.05, 0) is 43.4 Å². The molecule has 0 aliphatic carbocycles. The number of pyridine rings is 1. The highest BCUT2D eigenvalue weighted by atomic mass is 14.9. The van der Waals surface area contributed by atoms with Gasteiger partial charge in [0.05, 0.1) is 0 Å². The summed E-state index contributed by atoms with van der Waals surface area (Å²) < 4.78 is 0. The fourth-order valence-electron chi connectivity index (χ4n) is 2.15. The minimum Gasteiger partial charge on any atom is -0.398 e. The van der Waals surface area contributed by atoms with E-state index in [9.17, 15) is 0 Å². The van der Waals surface area contributed by atoms with Crippen molar-refractivity contribution < 1.29 is 0 Å². The van der Waals surface area contributed by atoms with Gasteiger partial charge in [0.1, 0.15) is 0 Å². The molecule has 1 atom stereocenters. The average Bonchev–Trinajstić information content (AvgIpc) is 2.25. The molecule has 0 amide bonds. The standard InChI is InChI=1S/C14H25N3/c1-14(2,3)13(16-4)7-5-6-11-10-17-9-8-12(11)15/h8-10,13,16H,5-7H2,1-4H3,(H2,15,17). The summed E-state index contributed by atoms with van der Waals surface area (Å²) in [5.41, 5.74) is 8.22. The molecule has 3 N–H and O–H groups in total. The zero-order valence-electron chi connectivity index (χ0n) is 11.5. The van der Waals surface area contributed by atoms with E-state index in [1.54, 1.807) is 6.20 Å². The third kappa shape index (κ3) is 4.35. The number of aromatic nitrogens is 1. The van der Waals surface area contributed by atoms with Gasteiger partial charge >= 0.3 is 0 Å². The van der Waals surface area contributed by atoms with Crippen LogP contribution in [0.4, 0.5) is 5.69 Å². The highest BCUT2D eigenvalue weighted by Gasteiger charge is 2.22. The molecule has 0 saturated heterocycles. The van der Waals surface area contributed by atoms with E-state index in [2.05, 4.69) is 31.1 Å². The van der Waals surface area contributed by atoms with Crippen LogP contribution in [0.1, 0.15) is 39.2 Å². The minimum absolute atomic E-state index is 0.301. The van der Waals surface area contributed by atoms with E-state index in [1.807, 2.05) is 19.3 Å². The molecule has 0 saturated carbocycles. The Bertz CT molecular complexity index is 342. The Morgan fingerprint density at radius 3 is 2.65 bits per heavy atom. The van der Waals surface area contributed by atoms with E-state index in [0.717, 1.165) is 30.5 Å². The number of nitrogens with one attached hydrogen (secondary N) is 1. The number of rotatable bonds is 5. The Morgan fingerprint density at radius 2 is 2.12 bits per heavy atom. The van der Waals surface area contributed by atoms with Crippen LogP contribution in [0.15, 0.2) is 18.5 Å². The molecule has 3 nitrogen and oxygen atoms in total. The number of nitrogens with zero attached hydrogens (tertiary/aromatic N) is 1. The normalized spacial score (nSPS) is 13.6. The first-order valence-corrected chi connectivity index (χ1v) is 6.30. The zero-order chi connectivity index (χ0) is 12.9. The second kappa shape index (κ2) is 6.01. The summed E-state index contributed by atoms with van der Waals surface area (Å²) in [6, 6.07) is 2.41. The molecular weight excluding hydrogens is 210 g/mol. The summed E-state index contributed by atoms with van der Waals surface area (Å²) in [5, 5.41) is 3.40. The first kappa shape index (κ1) is 14.0. The molecule has 1 heterocycles. The summed E-state index contributed by atoms with van der Waals surface area (Å²) in [7, 11) is 2.04. The zero-order valence-corrected chi connectivity index (χ0v) is 11.5. The van der Waals surface area contributed by atoms with Gasteiger partial charge in [0.2, 0.25) is 0 Å². The fraction of sp³-hybridized carbons (Fsp3) is 0.643. The highest BCUT2D eigenvalue weighted by molar-refractivity contribution is 5.44. The molecule has 1 unspecified atom stereocenters. The molecule has 17 heavy (non-hydrogen) atoms. The van der Waals surface area contributed by atoms with Crippen LogP contribution < -0.4 is 11.1 Å². The number of nitrogens with two attached hydrogens (primary N) is 1. The summed E-state index contributed by atoms with van der Waals surface area (Å²) in [6.07, 6.45) is 6.92. The monoisotopic (exact) mass is 235 g/mol. The Labute approximate surface area is 105 Å². The van der Waals surface area contributed by atoms with Gasteiger partial charge in [-0.25, -0.2) is 0 Å². The lowest BCUT2D eigenvalue weighted by atomic mass is 9.83. The minimum atomic E-state index is 0.301. The van der Waals surface area contributed by atoms with Crippen LogP contribution >= 0.6 is 0 Å². The van der Waals surface area contributed by atoms with Gasteiger partial charge in [-0.15, -0.1) is 0 Å².